The van der Waals surface area contributed by atoms with Crippen molar-refractivity contribution < 1.29 is 13.6 Å². The molecule has 0 saturated heterocycles. The van der Waals surface area contributed by atoms with Gasteiger partial charge in [0, 0.05) is 6.54 Å². The van der Waals surface area contributed by atoms with Crippen LogP contribution in [-0.4, -0.2) is 17.4 Å². The second-order valence-corrected chi connectivity index (χ2v) is 8.00. The van der Waals surface area contributed by atoms with Crippen LogP contribution in [0.2, 0.25) is 0 Å². The molecule has 0 atom stereocenters. The molecule has 3 heterocycles. The minimum atomic E-state index is -0.473. The number of carbonyl (C=O) groups excluding carboxylic acids is 1. The van der Waals surface area contributed by atoms with Crippen molar-refractivity contribution in [2.75, 3.05) is 11.9 Å². The number of fused-ring (bicyclic) bond motifs is 1. The molecule has 3 aromatic rings. The Bertz CT molecular complexity index is 991. The average Bonchev–Trinajstić information content (AvgIpc) is 3.33. The number of hydrogen-bond acceptors (Lipinski definition) is 7. The number of carbonyl (C=O) groups is 1. The Labute approximate surface area is 173 Å². The number of aryl methyl sites for hydroxylation is 1. The highest BCUT2D eigenvalue weighted by atomic mass is 32.1. The molecule has 0 aliphatic carbocycles. The number of rotatable bonds is 11. The molecular weight excluding hydrogens is 390 g/mol. The second kappa shape index (κ2) is 10.2. The Morgan fingerprint density at radius 1 is 1.21 bits per heavy atom. The Balaban J connectivity index is 1.63. The molecule has 1 amide bonds. The molecule has 0 unspecified atom stereocenters. The van der Waals surface area contributed by atoms with Gasteiger partial charge in [0.15, 0.2) is 0 Å². The van der Waals surface area contributed by atoms with E-state index in [1.54, 1.807) is 25.3 Å². The van der Waals surface area contributed by atoms with Gasteiger partial charge in [0.2, 0.25) is 0 Å². The summed E-state index contributed by atoms with van der Waals surface area (Å²) in [6, 6.07) is 3.76. The second-order valence-electron chi connectivity index (χ2n) is 7.00. The molecule has 29 heavy (non-hydrogen) atoms. The lowest BCUT2D eigenvalue weighted by molar-refractivity contribution is 0.0951. The number of nitrogens with one attached hydrogen (secondary N) is 2. The van der Waals surface area contributed by atoms with E-state index in [0.717, 1.165) is 12.8 Å². The van der Waals surface area contributed by atoms with E-state index in [9.17, 15) is 9.59 Å². The third-order valence-corrected chi connectivity index (χ3v) is 5.93. The molecule has 0 bridgehead atoms. The van der Waals surface area contributed by atoms with E-state index in [1.165, 1.54) is 37.0 Å². The first-order chi connectivity index (χ1) is 14.1. The Morgan fingerprint density at radius 3 is 2.76 bits per heavy atom. The molecule has 7 nitrogen and oxygen atoms in total. The van der Waals surface area contributed by atoms with Crippen LogP contribution in [0.25, 0.3) is 10.2 Å². The van der Waals surface area contributed by atoms with E-state index in [4.69, 9.17) is 8.83 Å². The Hall–Kier alpha value is -2.61. The van der Waals surface area contributed by atoms with Gasteiger partial charge < -0.3 is 19.5 Å². The highest BCUT2D eigenvalue weighted by Gasteiger charge is 2.20. The monoisotopic (exact) mass is 417 g/mol. The largest absolute Gasteiger partial charge is 0.467 e. The summed E-state index contributed by atoms with van der Waals surface area (Å²) < 4.78 is 10.5. The first kappa shape index (κ1) is 21.1. The predicted octanol–water partition coefficient (Wildman–Crippen LogP) is 4.85. The van der Waals surface area contributed by atoms with Gasteiger partial charge in [-0.25, -0.2) is 4.79 Å². The highest BCUT2D eigenvalue weighted by molar-refractivity contribution is 7.20. The summed E-state index contributed by atoms with van der Waals surface area (Å²) in [5.41, 5.74) is 0.116. The van der Waals surface area contributed by atoms with E-state index in [1.807, 2.05) is 0 Å². The smallest absolute Gasteiger partial charge is 0.349 e. The van der Waals surface area contributed by atoms with Crippen molar-refractivity contribution >= 4 is 33.5 Å². The molecule has 0 aliphatic rings. The zero-order valence-electron chi connectivity index (χ0n) is 16.9. The summed E-state index contributed by atoms with van der Waals surface area (Å²) in [5, 5.41) is 6.25. The van der Waals surface area contributed by atoms with Crippen molar-refractivity contribution in [1.82, 2.24) is 10.3 Å². The van der Waals surface area contributed by atoms with Crippen LogP contribution in [0.1, 0.15) is 66.4 Å². The lowest BCUT2D eigenvalue weighted by Crippen LogP contribution is -2.22. The summed E-state index contributed by atoms with van der Waals surface area (Å²) in [4.78, 5) is 30.3. The maximum atomic E-state index is 12.5. The number of anilines is 1. The molecular formula is C21H27N3O4S. The van der Waals surface area contributed by atoms with Crippen molar-refractivity contribution in [3.63, 3.8) is 0 Å². The van der Waals surface area contributed by atoms with Crippen LogP contribution in [-0.2, 0) is 6.54 Å². The molecule has 0 saturated carbocycles. The number of nitrogens with zero attached hydrogens (tertiary/aromatic N) is 1. The summed E-state index contributed by atoms with van der Waals surface area (Å²) >= 11 is 1.20. The maximum Gasteiger partial charge on any atom is 0.349 e. The van der Waals surface area contributed by atoms with Gasteiger partial charge in [0.25, 0.3) is 11.9 Å². The van der Waals surface area contributed by atoms with Gasteiger partial charge in [0.1, 0.15) is 16.0 Å². The van der Waals surface area contributed by atoms with Gasteiger partial charge in [-0.3, -0.25) is 4.79 Å². The van der Waals surface area contributed by atoms with Gasteiger partial charge in [-0.15, -0.1) is 11.3 Å². The third kappa shape index (κ3) is 5.47. The molecule has 0 aliphatic heterocycles. The average molecular weight is 418 g/mol. The van der Waals surface area contributed by atoms with E-state index in [-0.39, 0.29) is 18.5 Å². The number of unbranched alkanes of at least 4 members (excludes halogenated alkanes) is 5. The summed E-state index contributed by atoms with van der Waals surface area (Å²) in [7, 11) is 0. The minimum absolute atomic E-state index is 0.208. The molecule has 3 rings (SSSR count). The summed E-state index contributed by atoms with van der Waals surface area (Å²) in [5.74, 6) is 0.402. The molecule has 0 radical (unpaired) electrons. The number of furan rings is 1. The molecule has 8 heteroatoms. The molecule has 0 aromatic carbocycles. The molecule has 156 valence electrons. The zero-order chi connectivity index (χ0) is 20.6. The van der Waals surface area contributed by atoms with Crippen LogP contribution in [0, 0.1) is 6.92 Å². The number of amides is 1. The van der Waals surface area contributed by atoms with Crippen molar-refractivity contribution in [3.05, 3.63) is 45.0 Å². The van der Waals surface area contributed by atoms with Crippen LogP contribution >= 0.6 is 11.3 Å². The summed E-state index contributed by atoms with van der Waals surface area (Å²) in [6.07, 6.45) is 8.67. The third-order valence-electron chi connectivity index (χ3n) is 4.74. The SMILES string of the molecule is CCCCCCCCNc1nc2sc(C(=O)NCc3ccco3)c(C)c2c(=O)o1. The van der Waals surface area contributed by atoms with Crippen LogP contribution in [0.5, 0.6) is 0 Å². The van der Waals surface area contributed by atoms with E-state index in [2.05, 4.69) is 22.5 Å². The molecule has 0 fully saturated rings. The van der Waals surface area contributed by atoms with Gasteiger partial charge in [-0.2, -0.15) is 4.98 Å². The van der Waals surface area contributed by atoms with E-state index >= 15 is 0 Å². The fraction of sp³-hybridized carbons (Fsp3) is 0.476. The Kier molecular flexibility index (Phi) is 7.46. The van der Waals surface area contributed by atoms with E-state index < -0.39 is 5.63 Å². The minimum Gasteiger partial charge on any atom is -0.467 e. The zero-order valence-corrected chi connectivity index (χ0v) is 17.7. The van der Waals surface area contributed by atoms with Crippen LogP contribution in [0.3, 0.4) is 0 Å². The number of thiophene rings is 1. The molecule has 0 spiro atoms. The normalized spacial score (nSPS) is 11.1. The predicted molar refractivity (Wildman–Crippen MR) is 115 cm³/mol. The van der Waals surface area contributed by atoms with Crippen LogP contribution in [0.4, 0.5) is 6.01 Å². The fourth-order valence-electron chi connectivity index (χ4n) is 3.12. The first-order valence-electron chi connectivity index (χ1n) is 10.1. The Morgan fingerprint density at radius 2 is 2.00 bits per heavy atom. The van der Waals surface area contributed by atoms with E-state index in [0.29, 0.717) is 33.0 Å². The quantitative estimate of drug-likeness (QED) is 0.433. The standard InChI is InChI=1S/C21H27N3O4S/c1-3-4-5-6-7-8-11-22-21-24-19-16(20(26)28-21)14(2)17(29-19)18(25)23-13-15-10-9-12-27-15/h9-10,12H,3-8,11,13H2,1-2H3,(H,22,24)(H,23,25). The number of aromatic nitrogens is 1. The van der Waals surface area contributed by atoms with Gasteiger partial charge >= 0.3 is 5.63 Å². The lowest BCUT2D eigenvalue weighted by atomic mass is 10.1. The number of hydrogen-bond donors (Lipinski definition) is 2. The van der Waals surface area contributed by atoms with Crippen LogP contribution in [0.15, 0.2) is 32.0 Å². The van der Waals surface area contributed by atoms with Crippen LogP contribution < -0.4 is 16.3 Å². The van der Waals surface area contributed by atoms with Crippen molar-refractivity contribution in [2.45, 2.75) is 58.9 Å². The topological polar surface area (TPSA) is 97.4 Å². The van der Waals surface area contributed by atoms with Gasteiger partial charge in [0.05, 0.1) is 17.7 Å². The van der Waals surface area contributed by atoms with Gasteiger partial charge in [-0.1, -0.05) is 39.0 Å². The van der Waals surface area contributed by atoms with Gasteiger partial charge in [-0.05, 0) is 31.0 Å². The highest BCUT2D eigenvalue weighted by Crippen LogP contribution is 2.28. The maximum absolute atomic E-state index is 12.5. The lowest BCUT2D eigenvalue weighted by Gasteiger charge is -2.04. The summed E-state index contributed by atoms with van der Waals surface area (Å²) in [6.45, 7) is 4.93. The van der Waals surface area contributed by atoms with Crippen molar-refractivity contribution in [3.8, 4) is 0 Å². The molecule has 3 aromatic heterocycles. The van der Waals surface area contributed by atoms with Crippen molar-refractivity contribution in [2.24, 2.45) is 0 Å². The first-order valence-corrected chi connectivity index (χ1v) is 10.9. The molecule has 2 N–H and O–H groups in total. The fourth-order valence-corrected chi connectivity index (χ4v) is 4.21. The van der Waals surface area contributed by atoms with Crippen molar-refractivity contribution in [1.29, 1.82) is 0 Å².